The highest BCUT2D eigenvalue weighted by Crippen LogP contribution is 2.31. The Kier molecular flexibility index (Phi) is 4.12. The summed E-state index contributed by atoms with van der Waals surface area (Å²) in [5, 5.41) is 9.25. The molecule has 0 bridgehead atoms. The van der Waals surface area contributed by atoms with Gasteiger partial charge in [-0.05, 0) is 50.3 Å². The lowest BCUT2D eigenvalue weighted by atomic mass is 10.1. The topological polar surface area (TPSA) is 67.4 Å². The van der Waals surface area contributed by atoms with Gasteiger partial charge in [-0.3, -0.25) is 0 Å². The van der Waals surface area contributed by atoms with Gasteiger partial charge in [0.25, 0.3) is 0 Å². The molecule has 0 aliphatic carbocycles. The van der Waals surface area contributed by atoms with Crippen LogP contribution in [-0.4, -0.2) is 34.4 Å². The first-order chi connectivity index (χ1) is 10.2. The molecule has 2 N–H and O–H groups in total. The standard InChI is InChI=1S/C16H22N2O3/c1-10-7-13-15(18-14(8-19)17-13)16(11(10)2)21-9-12-5-3-4-6-20-12/h7,12,19H,3-6,8-9H2,1-2H3,(H,17,18). The molecule has 1 aromatic heterocycles. The number of nitrogens with one attached hydrogen (secondary N) is 1. The molecular formula is C16H22N2O3. The number of aromatic amines is 1. The number of aliphatic hydroxyl groups is 1. The van der Waals surface area contributed by atoms with Crippen molar-refractivity contribution in [3.8, 4) is 5.75 Å². The van der Waals surface area contributed by atoms with Crippen LogP contribution in [0.15, 0.2) is 6.07 Å². The number of aryl methyl sites for hydroxylation is 1. The Hall–Kier alpha value is -1.59. The van der Waals surface area contributed by atoms with E-state index in [1.807, 2.05) is 13.0 Å². The fourth-order valence-corrected chi connectivity index (χ4v) is 2.76. The second-order valence-corrected chi connectivity index (χ2v) is 5.68. The molecule has 2 aromatic rings. The minimum atomic E-state index is -0.0993. The lowest BCUT2D eigenvalue weighted by Gasteiger charge is -2.23. The molecule has 1 saturated heterocycles. The highest BCUT2D eigenvalue weighted by atomic mass is 16.5. The lowest BCUT2D eigenvalue weighted by Crippen LogP contribution is -2.26. The Bertz CT molecular complexity index is 630. The van der Waals surface area contributed by atoms with Gasteiger partial charge in [-0.2, -0.15) is 0 Å². The molecule has 114 valence electrons. The zero-order valence-corrected chi connectivity index (χ0v) is 12.6. The normalized spacial score (nSPS) is 19.1. The fourth-order valence-electron chi connectivity index (χ4n) is 2.76. The Morgan fingerprint density at radius 3 is 3.00 bits per heavy atom. The molecule has 0 radical (unpaired) electrons. The first-order valence-corrected chi connectivity index (χ1v) is 7.53. The van der Waals surface area contributed by atoms with Crippen LogP contribution in [-0.2, 0) is 11.3 Å². The van der Waals surface area contributed by atoms with Gasteiger partial charge >= 0.3 is 0 Å². The van der Waals surface area contributed by atoms with E-state index in [1.54, 1.807) is 0 Å². The van der Waals surface area contributed by atoms with E-state index in [0.29, 0.717) is 12.4 Å². The number of hydrogen-bond donors (Lipinski definition) is 2. The van der Waals surface area contributed by atoms with Crippen molar-refractivity contribution in [2.45, 2.75) is 45.8 Å². The summed E-state index contributed by atoms with van der Waals surface area (Å²) < 4.78 is 11.8. The van der Waals surface area contributed by atoms with E-state index < -0.39 is 0 Å². The highest BCUT2D eigenvalue weighted by molar-refractivity contribution is 5.84. The summed E-state index contributed by atoms with van der Waals surface area (Å²) in [6, 6.07) is 2.04. The number of fused-ring (bicyclic) bond motifs is 1. The summed E-state index contributed by atoms with van der Waals surface area (Å²) in [4.78, 5) is 7.54. The Morgan fingerprint density at radius 1 is 1.43 bits per heavy atom. The second kappa shape index (κ2) is 6.03. The molecule has 1 aromatic carbocycles. The maximum Gasteiger partial charge on any atom is 0.150 e. The summed E-state index contributed by atoms with van der Waals surface area (Å²) in [6.07, 6.45) is 3.57. The van der Waals surface area contributed by atoms with Gasteiger partial charge in [-0.15, -0.1) is 0 Å². The molecule has 1 aliphatic heterocycles. The predicted octanol–water partition coefficient (Wildman–Crippen LogP) is 2.62. The number of aromatic nitrogens is 2. The molecule has 0 amide bonds. The van der Waals surface area contributed by atoms with E-state index >= 15 is 0 Å². The van der Waals surface area contributed by atoms with Crippen LogP contribution in [0.25, 0.3) is 11.0 Å². The zero-order chi connectivity index (χ0) is 14.8. The van der Waals surface area contributed by atoms with E-state index in [4.69, 9.17) is 9.47 Å². The second-order valence-electron chi connectivity index (χ2n) is 5.68. The first-order valence-electron chi connectivity index (χ1n) is 7.53. The maximum absolute atomic E-state index is 9.25. The van der Waals surface area contributed by atoms with Crippen molar-refractivity contribution in [2.24, 2.45) is 0 Å². The Balaban J connectivity index is 1.88. The van der Waals surface area contributed by atoms with Gasteiger partial charge in [0, 0.05) is 6.61 Å². The van der Waals surface area contributed by atoms with Crippen molar-refractivity contribution in [1.29, 1.82) is 0 Å². The van der Waals surface area contributed by atoms with E-state index in [2.05, 4.69) is 16.9 Å². The van der Waals surface area contributed by atoms with Gasteiger partial charge in [0.1, 0.15) is 30.3 Å². The van der Waals surface area contributed by atoms with Crippen LogP contribution in [0.4, 0.5) is 0 Å². The monoisotopic (exact) mass is 290 g/mol. The van der Waals surface area contributed by atoms with Crippen molar-refractivity contribution in [1.82, 2.24) is 9.97 Å². The summed E-state index contributed by atoms with van der Waals surface area (Å²) in [5.74, 6) is 1.36. The molecule has 2 heterocycles. The zero-order valence-electron chi connectivity index (χ0n) is 12.6. The number of benzene rings is 1. The molecule has 1 atom stereocenters. The highest BCUT2D eigenvalue weighted by Gasteiger charge is 2.18. The Morgan fingerprint density at radius 2 is 2.29 bits per heavy atom. The van der Waals surface area contributed by atoms with Crippen molar-refractivity contribution >= 4 is 11.0 Å². The third kappa shape index (κ3) is 2.89. The molecule has 3 rings (SSSR count). The van der Waals surface area contributed by atoms with E-state index in [-0.39, 0.29) is 12.7 Å². The van der Waals surface area contributed by atoms with Crippen LogP contribution in [0.1, 0.15) is 36.2 Å². The predicted molar refractivity (Wildman–Crippen MR) is 80.6 cm³/mol. The third-order valence-electron chi connectivity index (χ3n) is 4.13. The quantitative estimate of drug-likeness (QED) is 0.908. The summed E-state index contributed by atoms with van der Waals surface area (Å²) in [5.41, 5.74) is 3.93. The van der Waals surface area contributed by atoms with Gasteiger partial charge in [-0.1, -0.05) is 0 Å². The van der Waals surface area contributed by atoms with E-state index in [1.165, 1.54) is 6.42 Å². The Labute approximate surface area is 124 Å². The summed E-state index contributed by atoms with van der Waals surface area (Å²) >= 11 is 0. The molecule has 21 heavy (non-hydrogen) atoms. The number of hydrogen-bond acceptors (Lipinski definition) is 4. The summed E-state index contributed by atoms with van der Waals surface area (Å²) in [7, 11) is 0. The van der Waals surface area contributed by atoms with Crippen LogP contribution in [0.3, 0.4) is 0 Å². The fraction of sp³-hybridized carbons (Fsp3) is 0.562. The van der Waals surface area contributed by atoms with Crippen LogP contribution in [0, 0.1) is 13.8 Å². The van der Waals surface area contributed by atoms with Gasteiger partial charge in [0.2, 0.25) is 0 Å². The van der Waals surface area contributed by atoms with E-state index in [9.17, 15) is 5.11 Å². The number of H-pyrrole nitrogens is 1. The lowest BCUT2D eigenvalue weighted by molar-refractivity contribution is -0.0109. The van der Waals surface area contributed by atoms with Crippen LogP contribution in [0.2, 0.25) is 0 Å². The molecule has 5 heteroatoms. The SMILES string of the molecule is Cc1cc2[nH]c(CO)nc2c(OCC2CCCCO2)c1C. The van der Waals surface area contributed by atoms with E-state index in [0.717, 1.165) is 47.4 Å². The van der Waals surface area contributed by atoms with Crippen LogP contribution >= 0.6 is 0 Å². The van der Waals surface area contributed by atoms with Gasteiger partial charge in [-0.25, -0.2) is 4.98 Å². The van der Waals surface area contributed by atoms with Crippen molar-refractivity contribution in [3.63, 3.8) is 0 Å². The van der Waals surface area contributed by atoms with Gasteiger partial charge in [0.15, 0.2) is 0 Å². The largest absolute Gasteiger partial charge is 0.488 e. The summed E-state index contributed by atoms with van der Waals surface area (Å²) in [6.45, 7) is 5.38. The minimum Gasteiger partial charge on any atom is -0.488 e. The molecule has 1 fully saturated rings. The number of ether oxygens (including phenoxy) is 2. The van der Waals surface area contributed by atoms with Crippen molar-refractivity contribution < 1.29 is 14.6 Å². The number of imidazole rings is 1. The molecule has 0 spiro atoms. The molecule has 0 saturated carbocycles. The van der Waals surface area contributed by atoms with Gasteiger partial charge < -0.3 is 19.6 Å². The third-order valence-corrected chi connectivity index (χ3v) is 4.13. The number of nitrogens with zero attached hydrogens (tertiary/aromatic N) is 1. The molecular weight excluding hydrogens is 268 g/mol. The molecule has 5 nitrogen and oxygen atoms in total. The number of aliphatic hydroxyl groups excluding tert-OH is 1. The van der Waals surface area contributed by atoms with Gasteiger partial charge in [0.05, 0.1) is 11.6 Å². The molecule has 1 aliphatic rings. The smallest absolute Gasteiger partial charge is 0.150 e. The first kappa shape index (κ1) is 14.4. The number of rotatable bonds is 4. The van der Waals surface area contributed by atoms with Crippen LogP contribution in [0.5, 0.6) is 5.75 Å². The average Bonchev–Trinajstić information content (AvgIpc) is 2.91. The molecule has 1 unspecified atom stereocenters. The average molecular weight is 290 g/mol. The minimum absolute atomic E-state index is 0.0993. The maximum atomic E-state index is 9.25. The van der Waals surface area contributed by atoms with Crippen LogP contribution < -0.4 is 4.74 Å². The van der Waals surface area contributed by atoms with Crippen molar-refractivity contribution in [3.05, 3.63) is 23.0 Å². The van der Waals surface area contributed by atoms with Crippen molar-refractivity contribution in [2.75, 3.05) is 13.2 Å².